The van der Waals surface area contributed by atoms with Gasteiger partial charge in [0.1, 0.15) is 6.61 Å². The SMILES string of the molecule is CC(C)[C@H]1COC(=O)N1C(=O)/C=C/c1ccc2c(c1)OCO2. The van der Waals surface area contributed by atoms with Crippen molar-refractivity contribution in [3.05, 3.63) is 29.8 Å². The highest BCUT2D eigenvalue weighted by Crippen LogP contribution is 2.32. The zero-order valence-corrected chi connectivity index (χ0v) is 12.4. The third-order valence-electron chi connectivity index (χ3n) is 3.73. The van der Waals surface area contributed by atoms with Crippen LogP contribution in [0.5, 0.6) is 11.5 Å². The molecule has 1 atom stereocenters. The molecule has 3 rings (SSSR count). The Morgan fingerprint density at radius 1 is 1.27 bits per heavy atom. The van der Waals surface area contributed by atoms with Crippen LogP contribution in [0.15, 0.2) is 24.3 Å². The number of ether oxygens (including phenoxy) is 3. The van der Waals surface area contributed by atoms with Crippen molar-refractivity contribution >= 4 is 18.1 Å². The summed E-state index contributed by atoms with van der Waals surface area (Å²) in [5.74, 6) is 1.11. The van der Waals surface area contributed by atoms with Crippen molar-refractivity contribution in [1.29, 1.82) is 0 Å². The van der Waals surface area contributed by atoms with E-state index in [1.54, 1.807) is 18.2 Å². The number of fused-ring (bicyclic) bond motifs is 1. The molecular weight excluding hydrogens is 286 g/mol. The van der Waals surface area contributed by atoms with Gasteiger partial charge in [0, 0.05) is 6.08 Å². The lowest BCUT2D eigenvalue weighted by atomic mass is 10.0. The molecule has 0 spiro atoms. The van der Waals surface area contributed by atoms with Gasteiger partial charge in [0.15, 0.2) is 11.5 Å². The standard InChI is InChI=1S/C16H17NO5/c1-10(2)12-8-20-16(19)17(12)15(18)6-4-11-3-5-13-14(7-11)22-9-21-13/h3-7,10,12H,8-9H2,1-2H3/b6-4+/t12-/m1/s1. The van der Waals surface area contributed by atoms with Crippen LogP contribution in [0.25, 0.3) is 6.08 Å². The minimum absolute atomic E-state index is 0.148. The van der Waals surface area contributed by atoms with Gasteiger partial charge in [-0.1, -0.05) is 19.9 Å². The van der Waals surface area contributed by atoms with Crippen molar-refractivity contribution in [3.63, 3.8) is 0 Å². The number of hydrogen-bond donors (Lipinski definition) is 0. The van der Waals surface area contributed by atoms with E-state index in [1.807, 2.05) is 19.9 Å². The summed E-state index contributed by atoms with van der Waals surface area (Å²) < 4.78 is 15.5. The van der Waals surface area contributed by atoms with Crippen LogP contribution in [0.2, 0.25) is 0 Å². The molecule has 22 heavy (non-hydrogen) atoms. The van der Waals surface area contributed by atoms with Gasteiger partial charge in [-0.05, 0) is 29.7 Å². The minimum Gasteiger partial charge on any atom is -0.454 e. The van der Waals surface area contributed by atoms with Crippen LogP contribution in [-0.4, -0.2) is 36.3 Å². The summed E-state index contributed by atoms with van der Waals surface area (Å²) in [5.41, 5.74) is 0.797. The molecule has 0 aliphatic carbocycles. The number of benzene rings is 1. The largest absolute Gasteiger partial charge is 0.454 e. The molecule has 1 aromatic rings. The van der Waals surface area contributed by atoms with E-state index >= 15 is 0 Å². The summed E-state index contributed by atoms with van der Waals surface area (Å²) >= 11 is 0. The Balaban J connectivity index is 1.74. The van der Waals surface area contributed by atoms with E-state index < -0.39 is 6.09 Å². The van der Waals surface area contributed by atoms with Crippen molar-refractivity contribution in [2.45, 2.75) is 19.9 Å². The van der Waals surface area contributed by atoms with Crippen LogP contribution < -0.4 is 9.47 Å². The third kappa shape index (κ3) is 2.64. The maximum absolute atomic E-state index is 12.3. The summed E-state index contributed by atoms with van der Waals surface area (Å²) in [6, 6.07) is 5.17. The molecule has 0 radical (unpaired) electrons. The van der Waals surface area contributed by atoms with Gasteiger partial charge in [0.05, 0.1) is 6.04 Å². The Labute approximate surface area is 128 Å². The minimum atomic E-state index is -0.584. The lowest BCUT2D eigenvalue weighted by molar-refractivity contribution is -0.124. The molecule has 1 saturated heterocycles. The van der Waals surface area contributed by atoms with E-state index in [4.69, 9.17) is 14.2 Å². The number of amides is 2. The Bertz CT molecular complexity index is 637. The Hall–Kier alpha value is -2.50. The maximum atomic E-state index is 12.3. The van der Waals surface area contributed by atoms with Crippen LogP contribution in [-0.2, 0) is 9.53 Å². The molecule has 0 N–H and O–H groups in total. The maximum Gasteiger partial charge on any atom is 0.417 e. The van der Waals surface area contributed by atoms with Crippen LogP contribution in [0.3, 0.4) is 0 Å². The molecule has 2 aliphatic heterocycles. The monoisotopic (exact) mass is 303 g/mol. The summed E-state index contributed by atoms with van der Waals surface area (Å²) in [6.45, 7) is 4.36. The number of carbonyl (C=O) groups excluding carboxylic acids is 2. The van der Waals surface area contributed by atoms with E-state index in [9.17, 15) is 9.59 Å². The summed E-state index contributed by atoms with van der Waals surface area (Å²) in [5, 5.41) is 0. The molecular formula is C16H17NO5. The molecule has 0 bridgehead atoms. The van der Waals surface area contributed by atoms with Crippen molar-refractivity contribution in [2.75, 3.05) is 13.4 Å². The van der Waals surface area contributed by atoms with Crippen molar-refractivity contribution < 1.29 is 23.8 Å². The van der Waals surface area contributed by atoms with Crippen molar-refractivity contribution in [1.82, 2.24) is 4.90 Å². The zero-order chi connectivity index (χ0) is 15.7. The lowest BCUT2D eigenvalue weighted by Crippen LogP contribution is -2.40. The normalized spacial score (nSPS) is 20.0. The molecule has 0 saturated carbocycles. The van der Waals surface area contributed by atoms with Crippen LogP contribution >= 0.6 is 0 Å². The van der Waals surface area contributed by atoms with Gasteiger partial charge in [0.2, 0.25) is 6.79 Å². The lowest BCUT2D eigenvalue weighted by Gasteiger charge is -2.20. The smallest absolute Gasteiger partial charge is 0.417 e. The van der Waals surface area contributed by atoms with E-state index in [1.165, 1.54) is 11.0 Å². The van der Waals surface area contributed by atoms with Gasteiger partial charge in [0.25, 0.3) is 5.91 Å². The molecule has 116 valence electrons. The highest BCUT2D eigenvalue weighted by Gasteiger charge is 2.38. The first-order valence-corrected chi connectivity index (χ1v) is 7.14. The highest BCUT2D eigenvalue weighted by atomic mass is 16.7. The van der Waals surface area contributed by atoms with Gasteiger partial charge < -0.3 is 14.2 Å². The van der Waals surface area contributed by atoms with E-state index in [2.05, 4.69) is 0 Å². The first-order chi connectivity index (χ1) is 10.6. The molecule has 6 heteroatoms. The average Bonchev–Trinajstić information content (AvgIpc) is 3.10. The molecule has 0 unspecified atom stereocenters. The predicted octanol–water partition coefficient (Wildman–Crippen LogP) is 2.43. The van der Waals surface area contributed by atoms with Crippen LogP contribution in [0, 0.1) is 5.92 Å². The number of hydrogen-bond acceptors (Lipinski definition) is 5. The predicted molar refractivity (Wildman–Crippen MR) is 78.4 cm³/mol. The number of cyclic esters (lactones) is 1. The fourth-order valence-electron chi connectivity index (χ4n) is 2.44. The second-order valence-electron chi connectivity index (χ2n) is 5.54. The summed E-state index contributed by atoms with van der Waals surface area (Å²) in [7, 11) is 0. The fraction of sp³-hybridized carbons (Fsp3) is 0.375. The number of rotatable bonds is 3. The van der Waals surface area contributed by atoms with E-state index in [0.717, 1.165) is 5.56 Å². The first kappa shape index (κ1) is 14.4. The Kier molecular flexibility index (Phi) is 3.75. The number of imide groups is 1. The van der Waals surface area contributed by atoms with Gasteiger partial charge in [-0.3, -0.25) is 4.79 Å². The summed E-state index contributed by atoms with van der Waals surface area (Å²) in [6.07, 6.45) is 2.44. The molecule has 0 aromatic heterocycles. The Morgan fingerprint density at radius 2 is 2.05 bits per heavy atom. The van der Waals surface area contributed by atoms with Crippen LogP contribution in [0.4, 0.5) is 4.79 Å². The molecule has 2 amide bonds. The van der Waals surface area contributed by atoms with Crippen molar-refractivity contribution in [3.8, 4) is 11.5 Å². The molecule has 6 nitrogen and oxygen atoms in total. The van der Waals surface area contributed by atoms with Gasteiger partial charge in [-0.25, -0.2) is 9.69 Å². The van der Waals surface area contributed by atoms with E-state index in [-0.39, 0.29) is 31.3 Å². The Morgan fingerprint density at radius 3 is 2.82 bits per heavy atom. The number of nitrogens with zero attached hydrogens (tertiary/aromatic N) is 1. The quantitative estimate of drug-likeness (QED) is 0.802. The molecule has 2 heterocycles. The highest BCUT2D eigenvalue weighted by molar-refractivity contribution is 6.02. The fourth-order valence-corrected chi connectivity index (χ4v) is 2.44. The molecule has 1 fully saturated rings. The third-order valence-corrected chi connectivity index (χ3v) is 3.73. The zero-order valence-electron chi connectivity index (χ0n) is 12.4. The summed E-state index contributed by atoms with van der Waals surface area (Å²) in [4.78, 5) is 25.1. The van der Waals surface area contributed by atoms with Gasteiger partial charge in [-0.2, -0.15) is 0 Å². The molecule has 2 aliphatic rings. The second kappa shape index (κ2) is 5.71. The van der Waals surface area contributed by atoms with E-state index in [0.29, 0.717) is 11.5 Å². The number of carbonyl (C=O) groups is 2. The molecule has 1 aromatic carbocycles. The van der Waals surface area contributed by atoms with Gasteiger partial charge >= 0.3 is 6.09 Å². The van der Waals surface area contributed by atoms with Crippen LogP contribution in [0.1, 0.15) is 19.4 Å². The van der Waals surface area contributed by atoms with Gasteiger partial charge in [-0.15, -0.1) is 0 Å². The van der Waals surface area contributed by atoms with Crippen molar-refractivity contribution in [2.24, 2.45) is 5.92 Å². The second-order valence-corrected chi connectivity index (χ2v) is 5.54. The average molecular weight is 303 g/mol. The topological polar surface area (TPSA) is 65.1 Å². The first-order valence-electron chi connectivity index (χ1n) is 7.14.